The maximum atomic E-state index is 12.4. The summed E-state index contributed by atoms with van der Waals surface area (Å²) in [5.41, 5.74) is 0.211. The van der Waals surface area contributed by atoms with Gasteiger partial charge in [-0.25, -0.2) is 0 Å². The molecule has 0 saturated carbocycles. The van der Waals surface area contributed by atoms with E-state index in [0.29, 0.717) is 13.2 Å². The van der Waals surface area contributed by atoms with Crippen molar-refractivity contribution in [3.8, 4) is 0 Å². The van der Waals surface area contributed by atoms with Gasteiger partial charge in [0, 0.05) is 19.2 Å². The molecule has 2 nitrogen and oxygen atoms in total. The minimum absolute atomic E-state index is 0.00908. The number of benzene rings is 1. The normalized spacial score (nSPS) is 15.3. The fourth-order valence-corrected chi connectivity index (χ4v) is 1.76. The molecule has 1 aromatic carbocycles. The van der Waals surface area contributed by atoms with Crippen molar-refractivity contribution in [2.75, 3.05) is 13.2 Å². The van der Waals surface area contributed by atoms with Crippen molar-refractivity contribution in [1.82, 2.24) is 5.32 Å². The minimum atomic E-state index is -4.28. The topological polar surface area (TPSA) is 21.3 Å². The fraction of sp³-hybridized carbons (Fsp3) is 0.571. The quantitative estimate of drug-likeness (QED) is 0.853. The van der Waals surface area contributed by atoms with Gasteiger partial charge in [0.1, 0.15) is 0 Å². The summed E-state index contributed by atoms with van der Waals surface area (Å²) in [7, 11) is 0. The van der Waals surface area contributed by atoms with Crippen LogP contribution < -0.4 is 5.32 Å². The van der Waals surface area contributed by atoms with Crippen LogP contribution in [0.15, 0.2) is 24.3 Å². The molecule has 0 bridgehead atoms. The van der Waals surface area contributed by atoms with E-state index in [9.17, 15) is 13.2 Å². The summed E-state index contributed by atoms with van der Waals surface area (Å²) < 4.78 is 42.7. The Morgan fingerprint density at radius 3 is 2.21 bits per heavy atom. The molecule has 0 saturated heterocycles. The standard InChI is InChI=1S/C14H20F3NO/c1-4-19-10(2)9-18-11(3)12-5-7-13(8-6-12)14(15,16)17/h5-8,10-11,18H,4,9H2,1-3H3. The van der Waals surface area contributed by atoms with Crippen LogP contribution in [0, 0.1) is 0 Å². The van der Waals surface area contributed by atoms with Crippen LogP contribution in [-0.2, 0) is 10.9 Å². The molecule has 0 aliphatic heterocycles. The van der Waals surface area contributed by atoms with E-state index in [0.717, 1.165) is 17.7 Å². The molecule has 0 fully saturated rings. The zero-order valence-corrected chi connectivity index (χ0v) is 11.4. The summed E-state index contributed by atoms with van der Waals surface area (Å²) in [4.78, 5) is 0. The predicted octanol–water partition coefficient (Wildman–Crippen LogP) is 3.78. The van der Waals surface area contributed by atoms with Gasteiger partial charge in [0.05, 0.1) is 11.7 Å². The van der Waals surface area contributed by atoms with Gasteiger partial charge < -0.3 is 10.1 Å². The molecule has 0 radical (unpaired) electrons. The van der Waals surface area contributed by atoms with E-state index in [1.54, 1.807) is 0 Å². The molecular weight excluding hydrogens is 255 g/mol. The average molecular weight is 275 g/mol. The van der Waals surface area contributed by atoms with E-state index in [1.807, 2.05) is 20.8 Å². The van der Waals surface area contributed by atoms with Crippen LogP contribution in [0.5, 0.6) is 0 Å². The molecule has 1 N–H and O–H groups in total. The van der Waals surface area contributed by atoms with Crippen molar-refractivity contribution >= 4 is 0 Å². The number of nitrogens with one attached hydrogen (secondary N) is 1. The van der Waals surface area contributed by atoms with E-state index in [1.165, 1.54) is 12.1 Å². The van der Waals surface area contributed by atoms with Gasteiger partial charge in [0.25, 0.3) is 0 Å². The van der Waals surface area contributed by atoms with Gasteiger partial charge in [-0.1, -0.05) is 12.1 Å². The second-order valence-corrected chi connectivity index (χ2v) is 4.52. The number of rotatable bonds is 6. The Morgan fingerprint density at radius 2 is 1.74 bits per heavy atom. The van der Waals surface area contributed by atoms with Crippen LogP contribution in [-0.4, -0.2) is 19.3 Å². The zero-order chi connectivity index (χ0) is 14.5. The Kier molecular flexibility index (Phi) is 5.82. The summed E-state index contributed by atoms with van der Waals surface area (Å²) in [5, 5.41) is 3.24. The van der Waals surface area contributed by atoms with E-state index in [-0.39, 0.29) is 12.1 Å². The van der Waals surface area contributed by atoms with Gasteiger partial charge in [0.2, 0.25) is 0 Å². The third kappa shape index (κ3) is 5.20. The number of hydrogen-bond acceptors (Lipinski definition) is 2. The van der Waals surface area contributed by atoms with Gasteiger partial charge in [-0.15, -0.1) is 0 Å². The number of hydrogen-bond donors (Lipinski definition) is 1. The lowest BCUT2D eigenvalue weighted by atomic mass is 10.1. The summed E-state index contributed by atoms with van der Waals surface area (Å²) in [5.74, 6) is 0. The third-order valence-corrected chi connectivity index (χ3v) is 2.90. The van der Waals surface area contributed by atoms with Crippen LogP contribution in [0.25, 0.3) is 0 Å². The summed E-state index contributed by atoms with van der Waals surface area (Å²) in [6, 6.07) is 5.22. The Balaban J connectivity index is 2.56. The summed E-state index contributed by atoms with van der Waals surface area (Å²) in [6.45, 7) is 7.11. The molecular formula is C14H20F3NO. The first-order valence-corrected chi connectivity index (χ1v) is 6.36. The first-order chi connectivity index (χ1) is 8.84. The first kappa shape index (κ1) is 16.0. The first-order valence-electron chi connectivity index (χ1n) is 6.36. The highest BCUT2D eigenvalue weighted by Gasteiger charge is 2.30. The molecule has 2 unspecified atom stereocenters. The second kappa shape index (κ2) is 6.91. The van der Waals surface area contributed by atoms with Crippen molar-refractivity contribution in [2.45, 2.75) is 39.1 Å². The molecule has 0 aliphatic carbocycles. The van der Waals surface area contributed by atoms with Crippen molar-refractivity contribution in [2.24, 2.45) is 0 Å². The molecule has 5 heteroatoms. The van der Waals surface area contributed by atoms with Crippen LogP contribution in [0.3, 0.4) is 0 Å². The molecule has 1 rings (SSSR count). The second-order valence-electron chi connectivity index (χ2n) is 4.52. The summed E-state index contributed by atoms with van der Waals surface area (Å²) >= 11 is 0. The largest absolute Gasteiger partial charge is 0.416 e. The van der Waals surface area contributed by atoms with Gasteiger partial charge in [-0.3, -0.25) is 0 Å². The van der Waals surface area contributed by atoms with Crippen LogP contribution in [0.1, 0.15) is 37.9 Å². The molecule has 0 heterocycles. The van der Waals surface area contributed by atoms with E-state index >= 15 is 0 Å². The fourth-order valence-electron chi connectivity index (χ4n) is 1.76. The smallest absolute Gasteiger partial charge is 0.377 e. The maximum absolute atomic E-state index is 12.4. The monoisotopic (exact) mass is 275 g/mol. The molecule has 0 spiro atoms. The maximum Gasteiger partial charge on any atom is 0.416 e. The molecule has 2 atom stereocenters. The van der Waals surface area contributed by atoms with Crippen molar-refractivity contribution in [1.29, 1.82) is 0 Å². The van der Waals surface area contributed by atoms with Gasteiger partial charge in [-0.05, 0) is 38.5 Å². The highest BCUT2D eigenvalue weighted by Crippen LogP contribution is 2.29. The summed E-state index contributed by atoms with van der Waals surface area (Å²) in [6.07, 6.45) is -4.19. The predicted molar refractivity (Wildman–Crippen MR) is 68.9 cm³/mol. The number of alkyl halides is 3. The highest BCUT2D eigenvalue weighted by molar-refractivity contribution is 5.26. The lowest BCUT2D eigenvalue weighted by molar-refractivity contribution is -0.137. The molecule has 0 amide bonds. The van der Waals surface area contributed by atoms with Gasteiger partial charge in [0.15, 0.2) is 0 Å². The van der Waals surface area contributed by atoms with Gasteiger partial charge in [-0.2, -0.15) is 13.2 Å². The van der Waals surface area contributed by atoms with E-state index in [2.05, 4.69) is 5.32 Å². The Morgan fingerprint density at radius 1 is 1.16 bits per heavy atom. The highest BCUT2D eigenvalue weighted by atomic mass is 19.4. The van der Waals surface area contributed by atoms with Crippen molar-refractivity contribution in [3.05, 3.63) is 35.4 Å². The zero-order valence-electron chi connectivity index (χ0n) is 11.4. The molecule has 108 valence electrons. The molecule has 19 heavy (non-hydrogen) atoms. The van der Waals surface area contributed by atoms with E-state index in [4.69, 9.17) is 4.74 Å². The lowest BCUT2D eigenvalue weighted by Crippen LogP contribution is -2.29. The Labute approximate surface area is 112 Å². The molecule has 1 aromatic rings. The number of ether oxygens (including phenoxy) is 1. The Bertz CT molecular complexity index is 375. The number of halogens is 3. The van der Waals surface area contributed by atoms with Crippen LogP contribution >= 0.6 is 0 Å². The minimum Gasteiger partial charge on any atom is -0.377 e. The Hall–Kier alpha value is -1.07. The average Bonchev–Trinajstić information content (AvgIpc) is 2.35. The van der Waals surface area contributed by atoms with E-state index < -0.39 is 11.7 Å². The lowest BCUT2D eigenvalue weighted by Gasteiger charge is -2.18. The molecule has 0 aromatic heterocycles. The van der Waals surface area contributed by atoms with Gasteiger partial charge >= 0.3 is 6.18 Å². The SMILES string of the molecule is CCOC(C)CNC(C)c1ccc(C(F)(F)F)cc1. The van der Waals surface area contributed by atoms with Crippen molar-refractivity contribution in [3.63, 3.8) is 0 Å². The van der Waals surface area contributed by atoms with Crippen LogP contribution in [0.4, 0.5) is 13.2 Å². The van der Waals surface area contributed by atoms with Crippen molar-refractivity contribution < 1.29 is 17.9 Å². The molecule has 0 aliphatic rings. The third-order valence-electron chi connectivity index (χ3n) is 2.90. The van der Waals surface area contributed by atoms with Crippen LogP contribution in [0.2, 0.25) is 0 Å².